The molecule has 0 N–H and O–H groups in total. The molecule has 108 valence electrons. The number of nitrogens with zero attached hydrogens (tertiary/aromatic N) is 2. The molecule has 0 fully saturated rings. The predicted octanol–water partition coefficient (Wildman–Crippen LogP) is 4.87. The fourth-order valence-corrected chi connectivity index (χ4v) is 3.06. The van der Waals surface area contributed by atoms with Gasteiger partial charge in [-0.2, -0.15) is 13.2 Å². The second-order valence-electron chi connectivity index (χ2n) is 4.12. The Hall–Kier alpha value is -1.14. The van der Waals surface area contributed by atoms with E-state index >= 15 is 0 Å². The highest BCUT2D eigenvalue weighted by molar-refractivity contribution is 7.99. The summed E-state index contributed by atoms with van der Waals surface area (Å²) in [7, 11) is 1.66. The normalized spacial score (nSPS) is 11.9. The van der Waals surface area contributed by atoms with Crippen molar-refractivity contribution in [3.05, 3.63) is 35.1 Å². The van der Waals surface area contributed by atoms with Crippen molar-refractivity contribution in [2.75, 3.05) is 5.75 Å². The van der Waals surface area contributed by atoms with Gasteiger partial charge in [0.15, 0.2) is 0 Å². The van der Waals surface area contributed by atoms with Crippen molar-refractivity contribution in [3.8, 4) is 11.4 Å². The molecule has 0 amide bonds. The summed E-state index contributed by atoms with van der Waals surface area (Å²) in [6.07, 6.45) is -1.38. The molecule has 2 rings (SSSR count). The molecule has 0 radical (unpaired) electrons. The highest BCUT2D eigenvalue weighted by Crippen LogP contribution is 2.43. The minimum absolute atomic E-state index is 0.0752. The van der Waals surface area contributed by atoms with Crippen LogP contribution in [0.4, 0.5) is 13.2 Å². The number of imidazole rings is 1. The van der Waals surface area contributed by atoms with Crippen LogP contribution in [0.5, 0.6) is 0 Å². The second kappa shape index (κ2) is 5.69. The lowest BCUT2D eigenvalue weighted by molar-refractivity contribution is -0.137. The van der Waals surface area contributed by atoms with E-state index in [-0.39, 0.29) is 16.4 Å². The van der Waals surface area contributed by atoms with Gasteiger partial charge in [0.2, 0.25) is 0 Å². The molecule has 2 nitrogen and oxygen atoms in total. The molecular formula is C13H12ClF3N2S. The molecule has 0 spiro atoms. The van der Waals surface area contributed by atoms with E-state index in [9.17, 15) is 13.2 Å². The zero-order chi connectivity index (χ0) is 14.9. The lowest BCUT2D eigenvalue weighted by Crippen LogP contribution is -2.10. The van der Waals surface area contributed by atoms with Crippen LogP contribution in [0.15, 0.2) is 29.4 Å². The third kappa shape index (κ3) is 2.96. The highest BCUT2D eigenvalue weighted by Gasteiger charge is 2.36. The summed E-state index contributed by atoms with van der Waals surface area (Å²) < 4.78 is 41.4. The van der Waals surface area contributed by atoms with Crippen molar-refractivity contribution in [3.63, 3.8) is 0 Å². The van der Waals surface area contributed by atoms with Crippen molar-refractivity contribution in [2.45, 2.75) is 18.0 Å². The molecule has 2 aromatic rings. The number of benzene rings is 1. The van der Waals surface area contributed by atoms with E-state index < -0.39 is 11.7 Å². The van der Waals surface area contributed by atoms with Crippen molar-refractivity contribution in [2.24, 2.45) is 7.05 Å². The van der Waals surface area contributed by atoms with Gasteiger partial charge in [0.05, 0.1) is 5.56 Å². The number of thioether (sulfide) groups is 1. The standard InChI is InChI=1S/C13H12ClF3N2S/c1-3-20-10-7-8(14)6-9(13(15,16)17)11(10)12-18-4-5-19(12)2/h4-7H,3H2,1-2H3. The maximum Gasteiger partial charge on any atom is 0.417 e. The number of aromatic nitrogens is 2. The third-order valence-electron chi connectivity index (χ3n) is 2.72. The first-order valence-electron chi connectivity index (χ1n) is 5.85. The zero-order valence-electron chi connectivity index (χ0n) is 10.8. The van der Waals surface area contributed by atoms with Crippen LogP contribution in [0.1, 0.15) is 12.5 Å². The zero-order valence-corrected chi connectivity index (χ0v) is 12.4. The summed E-state index contributed by atoms with van der Waals surface area (Å²) in [6, 6.07) is 2.50. The topological polar surface area (TPSA) is 17.8 Å². The molecule has 0 unspecified atom stereocenters. The molecule has 0 bridgehead atoms. The monoisotopic (exact) mass is 320 g/mol. The summed E-state index contributed by atoms with van der Waals surface area (Å²) >= 11 is 7.14. The van der Waals surface area contributed by atoms with E-state index in [1.807, 2.05) is 6.92 Å². The molecule has 1 aromatic heterocycles. The van der Waals surface area contributed by atoms with Crippen molar-refractivity contribution < 1.29 is 13.2 Å². The van der Waals surface area contributed by atoms with Gasteiger partial charge in [-0.25, -0.2) is 4.98 Å². The fraction of sp³-hybridized carbons (Fsp3) is 0.308. The molecule has 0 aliphatic heterocycles. The Morgan fingerprint density at radius 2 is 2.05 bits per heavy atom. The molecule has 1 heterocycles. The van der Waals surface area contributed by atoms with Gasteiger partial charge in [0.1, 0.15) is 5.82 Å². The molecule has 0 atom stereocenters. The molecule has 0 saturated carbocycles. The Morgan fingerprint density at radius 1 is 1.35 bits per heavy atom. The second-order valence-corrected chi connectivity index (χ2v) is 5.86. The van der Waals surface area contributed by atoms with Crippen molar-refractivity contribution >= 4 is 23.4 Å². The first-order chi connectivity index (χ1) is 9.34. The fourth-order valence-electron chi connectivity index (χ4n) is 1.91. The molecule has 1 aromatic carbocycles. The van der Waals surface area contributed by atoms with Crippen LogP contribution in [-0.2, 0) is 13.2 Å². The number of rotatable bonds is 3. The Balaban J connectivity index is 2.77. The minimum atomic E-state index is -4.48. The smallest absolute Gasteiger partial charge is 0.334 e. The molecule has 7 heteroatoms. The largest absolute Gasteiger partial charge is 0.417 e. The van der Waals surface area contributed by atoms with E-state index in [2.05, 4.69) is 4.98 Å². The van der Waals surface area contributed by atoms with Gasteiger partial charge in [0, 0.05) is 34.9 Å². The van der Waals surface area contributed by atoms with Gasteiger partial charge in [-0.3, -0.25) is 0 Å². The number of hydrogen-bond acceptors (Lipinski definition) is 2. The summed E-state index contributed by atoms with van der Waals surface area (Å²) in [5.41, 5.74) is -0.670. The molecular weight excluding hydrogens is 309 g/mol. The van der Waals surface area contributed by atoms with E-state index in [1.165, 1.54) is 18.0 Å². The number of alkyl halides is 3. The van der Waals surface area contributed by atoms with Crippen LogP contribution < -0.4 is 0 Å². The quantitative estimate of drug-likeness (QED) is 0.751. The summed E-state index contributed by atoms with van der Waals surface area (Å²) in [5.74, 6) is 0.930. The van der Waals surface area contributed by atoms with Gasteiger partial charge < -0.3 is 4.57 Å². The minimum Gasteiger partial charge on any atom is -0.334 e. The van der Waals surface area contributed by atoms with Gasteiger partial charge in [-0.15, -0.1) is 11.8 Å². The molecule has 0 aliphatic carbocycles. The van der Waals surface area contributed by atoms with E-state index in [0.717, 1.165) is 6.07 Å². The lowest BCUT2D eigenvalue weighted by atomic mass is 10.1. The van der Waals surface area contributed by atoms with Gasteiger partial charge in [-0.05, 0) is 17.9 Å². The maximum atomic E-state index is 13.3. The van der Waals surface area contributed by atoms with Gasteiger partial charge in [-0.1, -0.05) is 18.5 Å². The Morgan fingerprint density at radius 3 is 2.55 bits per heavy atom. The summed E-state index contributed by atoms with van der Waals surface area (Å²) in [4.78, 5) is 4.53. The summed E-state index contributed by atoms with van der Waals surface area (Å²) in [5, 5.41) is 0.0752. The summed E-state index contributed by atoms with van der Waals surface area (Å²) in [6.45, 7) is 1.88. The molecule has 20 heavy (non-hydrogen) atoms. The van der Waals surface area contributed by atoms with E-state index in [0.29, 0.717) is 10.6 Å². The number of hydrogen-bond donors (Lipinski definition) is 0. The SMILES string of the molecule is CCSc1cc(Cl)cc(C(F)(F)F)c1-c1nccn1C. The Bertz CT molecular complexity index is 623. The van der Waals surface area contributed by atoms with Gasteiger partial charge >= 0.3 is 6.18 Å². The van der Waals surface area contributed by atoms with Crippen LogP contribution in [0.2, 0.25) is 5.02 Å². The van der Waals surface area contributed by atoms with Crippen LogP contribution in [0.3, 0.4) is 0 Å². The molecule has 0 aliphatic rings. The van der Waals surface area contributed by atoms with Crippen molar-refractivity contribution in [1.29, 1.82) is 0 Å². The molecule has 0 saturated heterocycles. The van der Waals surface area contributed by atoms with Crippen LogP contribution in [-0.4, -0.2) is 15.3 Å². The van der Waals surface area contributed by atoms with Gasteiger partial charge in [0.25, 0.3) is 0 Å². The average Bonchev–Trinajstić information content (AvgIpc) is 2.74. The lowest BCUT2D eigenvalue weighted by Gasteiger charge is -2.17. The van der Waals surface area contributed by atoms with Crippen LogP contribution >= 0.6 is 23.4 Å². The maximum absolute atomic E-state index is 13.3. The first-order valence-corrected chi connectivity index (χ1v) is 7.22. The van der Waals surface area contributed by atoms with Crippen molar-refractivity contribution in [1.82, 2.24) is 9.55 Å². The van der Waals surface area contributed by atoms with E-state index in [1.54, 1.807) is 23.9 Å². The first kappa shape index (κ1) is 15.3. The predicted molar refractivity (Wildman–Crippen MR) is 75.1 cm³/mol. The number of halogens is 4. The van der Waals surface area contributed by atoms with E-state index in [4.69, 9.17) is 11.6 Å². The number of aryl methyl sites for hydroxylation is 1. The third-order valence-corrected chi connectivity index (χ3v) is 3.86. The Kier molecular flexibility index (Phi) is 4.34. The Labute approximate surface area is 124 Å². The van der Waals surface area contributed by atoms with Crippen LogP contribution in [0, 0.1) is 0 Å². The highest BCUT2D eigenvalue weighted by atomic mass is 35.5. The average molecular weight is 321 g/mol. The van der Waals surface area contributed by atoms with Crippen LogP contribution in [0.25, 0.3) is 11.4 Å².